The lowest BCUT2D eigenvalue weighted by Gasteiger charge is -2.18. The van der Waals surface area contributed by atoms with Crippen LogP contribution < -0.4 is 5.32 Å². The Labute approximate surface area is 93.7 Å². The third kappa shape index (κ3) is 3.85. The van der Waals surface area contributed by atoms with Gasteiger partial charge < -0.3 is 5.32 Å². The summed E-state index contributed by atoms with van der Waals surface area (Å²) in [6.45, 7) is 6.95. The molecule has 0 bridgehead atoms. The molecule has 0 heterocycles. The molecular weight excluding hydrogens is 215 g/mol. The number of rotatable bonds is 3. The maximum Gasteiger partial charge on any atom is 0.161 e. The Kier molecular flexibility index (Phi) is 3.97. The van der Waals surface area contributed by atoms with Gasteiger partial charge in [-0.1, -0.05) is 20.8 Å². The minimum atomic E-state index is -1.16. The van der Waals surface area contributed by atoms with Crippen molar-refractivity contribution < 1.29 is 13.2 Å². The lowest BCUT2D eigenvalue weighted by Crippen LogP contribution is -2.26. The predicted molar refractivity (Wildman–Crippen MR) is 57.5 cm³/mol. The fraction of sp³-hybridized carbons (Fsp3) is 0.500. The highest BCUT2D eigenvalue weighted by atomic mass is 19.2. The molecule has 0 aliphatic carbocycles. The highest BCUT2D eigenvalue weighted by molar-refractivity contribution is 5.19. The van der Waals surface area contributed by atoms with Crippen LogP contribution in [-0.4, -0.2) is 6.54 Å². The van der Waals surface area contributed by atoms with E-state index in [9.17, 15) is 13.2 Å². The lowest BCUT2D eigenvalue weighted by atomic mass is 9.97. The van der Waals surface area contributed by atoms with E-state index in [0.717, 1.165) is 6.07 Å². The van der Waals surface area contributed by atoms with Crippen molar-refractivity contribution >= 4 is 0 Å². The topological polar surface area (TPSA) is 12.0 Å². The minimum Gasteiger partial charge on any atom is -0.312 e. The lowest BCUT2D eigenvalue weighted by molar-refractivity contribution is 0.376. The van der Waals surface area contributed by atoms with Crippen molar-refractivity contribution in [2.24, 2.45) is 5.41 Å². The summed E-state index contributed by atoms with van der Waals surface area (Å²) in [5.74, 6) is -2.90. The third-order valence-electron chi connectivity index (χ3n) is 2.06. The van der Waals surface area contributed by atoms with E-state index in [2.05, 4.69) is 5.32 Å². The number of hydrogen-bond acceptors (Lipinski definition) is 1. The molecule has 0 aliphatic rings. The molecule has 0 saturated heterocycles. The number of benzene rings is 1. The van der Waals surface area contributed by atoms with Crippen molar-refractivity contribution in [3.8, 4) is 0 Å². The van der Waals surface area contributed by atoms with Crippen LogP contribution in [0.2, 0.25) is 0 Å². The van der Waals surface area contributed by atoms with E-state index in [4.69, 9.17) is 0 Å². The first-order valence-electron chi connectivity index (χ1n) is 5.14. The molecule has 90 valence electrons. The van der Waals surface area contributed by atoms with Gasteiger partial charge in [0.1, 0.15) is 5.82 Å². The molecule has 0 radical (unpaired) electrons. The first kappa shape index (κ1) is 13.0. The van der Waals surface area contributed by atoms with Crippen LogP contribution in [0.3, 0.4) is 0 Å². The van der Waals surface area contributed by atoms with Crippen molar-refractivity contribution in [3.63, 3.8) is 0 Å². The SMILES string of the molecule is CC(C)(C)CNCc1cc(F)c(F)cc1F. The number of hydrogen-bond donors (Lipinski definition) is 1. The van der Waals surface area contributed by atoms with E-state index in [0.29, 0.717) is 12.6 Å². The molecule has 0 amide bonds. The molecule has 16 heavy (non-hydrogen) atoms. The van der Waals surface area contributed by atoms with Gasteiger partial charge in [-0.15, -0.1) is 0 Å². The van der Waals surface area contributed by atoms with Gasteiger partial charge in [0, 0.05) is 24.7 Å². The molecule has 0 atom stereocenters. The number of nitrogens with one attached hydrogen (secondary N) is 1. The number of halogens is 3. The fourth-order valence-corrected chi connectivity index (χ4v) is 1.27. The Hall–Kier alpha value is -1.03. The molecule has 0 saturated carbocycles. The van der Waals surface area contributed by atoms with Gasteiger partial charge in [0.05, 0.1) is 0 Å². The molecule has 0 spiro atoms. The van der Waals surface area contributed by atoms with Gasteiger partial charge in [0.15, 0.2) is 11.6 Å². The first-order valence-corrected chi connectivity index (χ1v) is 5.14. The molecule has 1 rings (SSSR count). The third-order valence-corrected chi connectivity index (χ3v) is 2.06. The summed E-state index contributed by atoms with van der Waals surface area (Å²) in [5.41, 5.74) is 0.206. The zero-order chi connectivity index (χ0) is 12.3. The van der Waals surface area contributed by atoms with Gasteiger partial charge in [-0.3, -0.25) is 0 Å². The van der Waals surface area contributed by atoms with Crippen LogP contribution in [0.1, 0.15) is 26.3 Å². The van der Waals surface area contributed by atoms with Crippen molar-refractivity contribution in [1.29, 1.82) is 0 Å². The van der Waals surface area contributed by atoms with E-state index in [1.165, 1.54) is 0 Å². The van der Waals surface area contributed by atoms with Crippen LogP contribution in [0.15, 0.2) is 12.1 Å². The summed E-state index contributed by atoms with van der Waals surface area (Å²) >= 11 is 0. The van der Waals surface area contributed by atoms with Gasteiger partial charge in [0.25, 0.3) is 0 Å². The Morgan fingerprint density at radius 1 is 1.00 bits per heavy atom. The van der Waals surface area contributed by atoms with E-state index in [1.807, 2.05) is 20.8 Å². The highest BCUT2D eigenvalue weighted by Crippen LogP contribution is 2.15. The Balaban J connectivity index is 2.64. The summed E-state index contributed by atoms with van der Waals surface area (Å²) in [5, 5.41) is 3.00. The van der Waals surface area contributed by atoms with E-state index in [1.54, 1.807) is 0 Å². The van der Waals surface area contributed by atoms with Gasteiger partial charge in [-0.2, -0.15) is 0 Å². The fourth-order valence-electron chi connectivity index (χ4n) is 1.27. The zero-order valence-electron chi connectivity index (χ0n) is 9.70. The largest absolute Gasteiger partial charge is 0.312 e. The van der Waals surface area contributed by atoms with Crippen molar-refractivity contribution in [2.45, 2.75) is 27.3 Å². The van der Waals surface area contributed by atoms with Crippen LogP contribution in [0.5, 0.6) is 0 Å². The molecule has 0 unspecified atom stereocenters. The van der Waals surface area contributed by atoms with E-state index >= 15 is 0 Å². The van der Waals surface area contributed by atoms with Crippen LogP contribution in [-0.2, 0) is 6.54 Å². The van der Waals surface area contributed by atoms with Crippen molar-refractivity contribution in [2.75, 3.05) is 6.54 Å². The average Bonchev–Trinajstić information content (AvgIpc) is 2.11. The predicted octanol–water partition coefficient (Wildman–Crippen LogP) is 3.24. The first-order chi connectivity index (χ1) is 7.29. The van der Waals surface area contributed by atoms with Crippen molar-refractivity contribution in [1.82, 2.24) is 5.32 Å². The molecule has 1 nitrogen and oxygen atoms in total. The standard InChI is InChI=1S/C12H16F3N/c1-12(2,3)7-16-6-8-4-10(14)11(15)5-9(8)13/h4-5,16H,6-7H2,1-3H3. The van der Waals surface area contributed by atoms with Crippen LogP contribution in [0, 0.1) is 22.9 Å². The second-order valence-corrected chi connectivity index (χ2v) is 5.02. The summed E-state index contributed by atoms with van der Waals surface area (Å²) < 4.78 is 38.7. The van der Waals surface area contributed by atoms with E-state index < -0.39 is 17.5 Å². The zero-order valence-corrected chi connectivity index (χ0v) is 9.70. The highest BCUT2D eigenvalue weighted by Gasteiger charge is 2.12. The Morgan fingerprint density at radius 2 is 1.56 bits per heavy atom. The molecule has 1 aromatic rings. The Morgan fingerprint density at radius 3 is 2.12 bits per heavy atom. The van der Waals surface area contributed by atoms with Gasteiger partial charge in [-0.05, 0) is 11.5 Å². The van der Waals surface area contributed by atoms with Crippen LogP contribution in [0.4, 0.5) is 13.2 Å². The second kappa shape index (κ2) is 4.87. The molecule has 0 fully saturated rings. The monoisotopic (exact) mass is 231 g/mol. The molecule has 1 aromatic carbocycles. The Bertz CT molecular complexity index is 369. The van der Waals surface area contributed by atoms with Crippen LogP contribution in [0.25, 0.3) is 0 Å². The minimum absolute atomic E-state index is 0.0645. The maximum absolute atomic E-state index is 13.2. The maximum atomic E-state index is 13.2. The molecule has 4 heteroatoms. The molecule has 0 aromatic heterocycles. The second-order valence-electron chi connectivity index (χ2n) is 5.02. The van der Waals surface area contributed by atoms with Gasteiger partial charge in [0.2, 0.25) is 0 Å². The van der Waals surface area contributed by atoms with Crippen molar-refractivity contribution in [3.05, 3.63) is 35.1 Å². The van der Waals surface area contributed by atoms with E-state index in [-0.39, 0.29) is 17.5 Å². The quantitative estimate of drug-likeness (QED) is 0.787. The summed E-state index contributed by atoms with van der Waals surface area (Å²) in [4.78, 5) is 0. The smallest absolute Gasteiger partial charge is 0.161 e. The summed E-state index contributed by atoms with van der Waals surface area (Å²) in [6, 6.07) is 1.46. The molecule has 1 N–H and O–H groups in total. The summed E-state index contributed by atoms with van der Waals surface area (Å²) in [7, 11) is 0. The average molecular weight is 231 g/mol. The molecular formula is C12H16F3N. The normalized spacial score (nSPS) is 11.9. The van der Waals surface area contributed by atoms with Crippen LogP contribution >= 0.6 is 0 Å². The molecule has 0 aliphatic heterocycles. The van der Waals surface area contributed by atoms with Gasteiger partial charge in [-0.25, -0.2) is 13.2 Å². The summed E-state index contributed by atoms with van der Waals surface area (Å²) in [6.07, 6.45) is 0. The van der Waals surface area contributed by atoms with Gasteiger partial charge >= 0.3 is 0 Å².